The number of nitrogens with two attached hydrogens (primary N) is 1. The van der Waals surface area contributed by atoms with E-state index in [0.29, 0.717) is 24.3 Å². The summed E-state index contributed by atoms with van der Waals surface area (Å²) in [6.07, 6.45) is 5.71. The molecule has 0 spiro atoms. The van der Waals surface area contributed by atoms with Crippen LogP contribution < -0.4 is 10.6 Å². The Morgan fingerprint density at radius 2 is 2.32 bits per heavy atom. The van der Waals surface area contributed by atoms with Gasteiger partial charge in [0, 0.05) is 24.4 Å². The van der Waals surface area contributed by atoms with Crippen molar-refractivity contribution in [2.75, 3.05) is 11.4 Å². The highest BCUT2D eigenvalue weighted by molar-refractivity contribution is 5.88. The zero-order valence-electron chi connectivity index (χ0n) is 10.3. The van der Waals surface area contributed by atoms with Gasteiger partial charge in [0.1, 0.15) is 11.9 Å². The number of carboxylic acids is 1. The first-order chi connectivity index (χ1) is 9.09. The van der Waals surface area contributed by atoms with Crippen molar-refractivity contribution in [3.63, 3.8) is 0 Å². The Hall–Kier alpha value is -2.37. The Morgan fingerprint density at radius 1 is 1.53 bits per heavy atom. The number of rotatable bonds is 4. The van der Waals surface area contributed by atoms with Crippen molar-refractivity contribution in [1.29, 1.82) is 0 Å². The second kappa shape index (κ2) is 5.51. The molecule has 1 atom stereocenters. The van der Waals surface area contributed by atoms with Gasteiger partial charge in [0.15, 0.2) is 0 Å². The number of primary amides is 1. The van der Waals surface area contributed by atoms with Crippen LogP contribution in [0.5, 0.6) is 0 Å². The number of carbonyl (C=O) groups is 2. The number of nitrogens with zero attached hydrogens (tertiary/aromatic N) is 2. The molecule has 1 aliphatic rings. The lowest BCUT2D eigenvalue weighted by molar-refractivity contribution is -0.131. The molecule has 1 unspecified atom stereocenters. The summed E-state index contributed by atoms with van der Waals surface area (Å²) in [7, 11) is 0. The van der Waals surface area contributed by atoms with Crippen molar-refractivity contribution in [2.24, 2.45) is 5.73 Å². The van der Waals surface area contributed by atoms with E-state index in [1.54, 1.807) is 18.3 Å². The zero-order valence-corrected chi connectivity index (χ0v) is 10.3. The van der Waals surface area contributed by atoms with Crippen LogP contribution in [0, 0.1) is 0 Å². The van der Waals surface area contributed by atoms with Crippen molar-refractivity contribution < 1.29 is 14.7 Å². The highest BCUT2D eigenvalue weighted by Gasteiger charge is 2.30. The van der Waals surface area contributed by atoms with E-state index in [9.17, 15) is 9.59 Å². The predicted octanol–water partition coefficient (Wildman–Crippen LogP) is 0.633. The molecule has 0 radical (unpaired) electrons. The van der Waals surface area contributed by atoms with Gasteiger partial charge in [0.2, 0.25) is 5.91 Å². The Balaban J connectivity index is 2.34. The van der Waals surface area contributed by atoms with Gasteiger partial charge in [-0.05, 0) is 31.1 Å². The summed E-state index contributed by atoms with van der Waals surface area (Å²) >= 11 is 0. The van der Waals surface area contributed by atoms with Gasteiger partial charge in [-0.25, -0.2) is 9.78 Å². The fourth-order valence-corrected chi connectivity index (χ4v) is 2.26. The normalized spacial score (nSPS) is 18.9. The summed E-state index contributed by atoms with van der Waals surface area (Å²) in [5, 5.41) is 8.68. The largest absolute Gasteiger partial charge is 0.478 e. The molecule has 0 aromatic carbocycles. The quantitative estimate of drug-likeness (QED) is 0.775. The lowest BCUT2D eigenvalue weighted by Gasteiger charge is -2.24. The molecule has 1 saturated heterocycles. The number of anilines is 1. The van der Waals surface area contributed by atoms with Crippen molar-refractivity contribution in [3.05, 3.63) is 30.0 Å². The van der Waals surface area contributed by atoms with Gasteiger partial charge < -0.3 is 15.7 Å². The number of carboxylic acid groups (broad SMARTS) is 1. The van der Waals surface area contributed by atoms with Crippen LogP contribution in [0.3, 0.4) is 0 Å². The summed E-state index contributed by atoms with van der Waals surface area (Å²) in [4.78, 5) is 28.1. The van der Waals surface area contributed by atoms with Gasteiger partial charge in [-0.15, -0.1) is 0 Å². The fraction of sp³-hybridized carbons (Fsp3) is 0.308. The molecule has 1 aliphatic heterocycles. The molecule has 2 heterocycles. The molecule has 0 bridgehead atoms. The minimum atomic E-state index is -1.03. The molecule has 6 heteroatoms. The van der Waals surface area contributed by atoms with E-state index >= 15 is 0 Å². The van der Waals surface area contributed by atoms with Crippen molar-refractivity contribution in [2.45, 2.75) is 18.9 Å². The molecule has 100 valence electrons. The third-order valence-electron chi connectivity index (χ3n) is 3.08. The Labute approximate surface area is 110 Å². The molecule has 3 N–H and O–H groups in total. The van der Waals surface area contributed by atoms with Crippen LogP contribution in [0.15, 0.2) is 24.4 Å². The number of amides is 1. The summed E-state index contributed by atoms with van der Waals surface area (Å²) in [5.74, 6) is -0.805. The molecule has 1 aromatic heterocycles. The number of aromatic nitrogens is 1. The van der Waals surface area contributed by atoms with E-state index in [1.807, 2.05) is 4.90 Å². The highest BCUT2D eigenvalue weighted by atomic mass is 16.4. The molecule has 1 aromatic rings. The molecule has 0 saturated carbocycles. The molecular formula is C13H15N3O3. The topological polar surface area (TPSA) is 96.5 Å². The van der Waals surface area contributed by atoms with Crippen molar-refractivity contribution in [3.8, 4) is 0 Å². The summed E-state index contributed by atoms with van der Waals surface area (Å²) in [6.45, 7) is 0.693. The maximum atomic E-state index is 11.4. The van der Waals surface area contributed by atoms with E-state index < -0.39 is 5.97 Å². The Morgan fingerprint density at radius 3 is 3.00 bits per heavy atom. The average molecular weight is 261 g/mol. The van der Waals surface area contributed by atoms with Gasteiger partial charge in [-0.2, -0.15) is 0 Å². The zero-order chi connectivity index (χ0) is 13.8. The molecule has 0 aliphatic carbocycles. The van der Waals surface area contributed by atoms with Gasteiger partial charge in [0.05, 0.1) is 0 Å². The van der Waals surface area contributed by atoms with Gasteiger partial charge in [0.25, 0.3) is 0 Å². The monoisotopic (exact) mass is 261 g/mol. The maximum Gasteiger partial charge on any atom is 0.328 e. The van der Waals surface area contributed by atoms with E-state index in [2.05, 4.69) is 4.98 Å². The molecule has 1 amide bonds. The number of pyridine rings is 1. The second-order valence-corrected chi connectivity index (χ2v) is 4.34. The number of carbonyl (C=O) groups excluding carboxylic acids is 1. The third kappa shape index (κ3) is 2.90. The van der Waals surface area contributed by atoms with Gasteiger partial charge >= 0.3 is 5.97 Å². The second-order valence-electron chi connectivity index (χ2n) is 4.34. The first-order valence-corrected chi connectivity index (χ1v) is 6.01. The predicted molar refractivity (Wildman–Crippen MR) is 70.5 cm³/mol. The van der Waals surface area contributed by atoms with Crippen LogP contribution in [0.25, 0.3) is 6.08 Å². The number of hydrogen-bond donors (Lipinski definition) is 2. The van der Waals surface area contributed by atoms with Gasteiger partial charge in [-0.1, -0.05) is 0 Å². The van der Waals surface area contributed by atoms with Gasteiger partial charge in [-0.3, -0.25) is 4.79 Å². The van der Waals surface area contributed by atoms with E-state index in [4.69, 9.17) is 10.8 Å². The SMILES string of the molecule is NC(=O)C1CCCN1c1ncccc1/C=C/C(=O)O. The fourth-order valence-electron chi connectivity index (χ4n) is 2.26. The molecule has 2 rings (SSSR count). The first-order valence-electron chi connectivity index (χ1n) is 6.01. The maximum absolute atomic E-state index is 11.4. The minimum Gasteiger partial charge on any atom is -0.478 e. The van der Waals surface area contributed by atoms with Crippen LogP contribution in [0.2, 0.25) is 0 Å². The van der Waals surface area contributed by atoms with Crippen LogP contribution in [-0.2, 0) is 9.59 Å². The highest BCUT2D eigenvalue weighted by Crippen LogP contribution is 2.27. The molecule has 6 nitrogen and oxygen atoms in total. The molecule has 19 heavy (non-hydrogen) atoms. The van der Waals surface area contributed by atoms with Crippen molar-refractivity contribution in [1.82, 2.24) is 4.98 Å². The van der Waals surface area contributed by atoms with E-state index in [0.717, 1.165) is 12.5 Å². The first kappa shape index (κ1) is 13.1. The lowest BCUT2D eigenvalue weighted by atomic mass is 10.2. The summed E-state index contributed by atoms with van der Waals surface area (Å²) in [6, 6.07) is 3.12. The van der Waals surface area contributed by atoms with E-state index in [-0.39, 0.29) is 11.9 Å². The Kier molecular flexibility index (Phi) is 3.79. The number of aliphatic carboxylic acids is 1. The van der Waals surface area contributed by atoms with Crippen LogP contribution >= 0.6 is 0 Å². The van der Waals surface area contributed by atoms with Crippen molar-refractivity contribution >= 4 is 23.8 Å². The number of hydrogen-bond acceptors (Lipinski definition) is 4. The molecule has 1 fully saturated rings. The summed E-state index contributed by atoms with van der Waals surface area (Å²) < 4.78 is 0. The Bertz CT molecular complexity index is 528. The third-order valence-corrected chi connectivity index (χ3v) is 3.08. The van der Waals surface area contributed by atoms with Crippen LogP contribution in [0.1, 0.15) is 18.4 Å². The van der Waals surface area contributed by atoms with Crippen LogP contribution in [-0.4, -0.2) is 34.6 Å². The van der Waals surface area contributed by atoms with E-state index in [1.165, 1.54) is 6.08 Å². The molecular weight excluding hydrogens is 246 g/mol. The van der Waals surface area contributed by atoms with Crippen LogP contribution in [0.4, 0.5) is 5.82 Å². The average Bonchev–Trinajstić information content (AvgIpc) is 2.85. The smallest absolute Gasteiger partial charge is 0.328 e. The minimum absolute atomic E-state index is 0.369. The lowest BCUT2D eigenvalue weighted by Crippen LogP contribution is -2.41. The summed E-state index contributed by atoms with van der Waals surface area (Å²) in [5.41, 5.74) is 6.04. The standard InChI is InChI=1S/C13H15N3O3/c14-12(19)10-4-2-8-16(10)13-9(3-1-7-15-13)5-6-11(17)18/h1,3,5-7,10H,2,4,8H2,(H2,14,19)(H,17,18)/b6-5+.